The Hall–Kier alpha value is -2.59. The Morgan fingerprint density at radius 1 is 1.26 bits per heavy atom. The number of thioether (sulfide) groups is 1. The van der Waals surface area contributed by atoms with E-state index in [9.17, 15) is 9.59 Å². The highest BCUT2D eigenvalue weighted by Gasteiger charge is 2.57. The summed E-state index contributed by atoms with van der Waals surface area (Å²) in [6.07, 6.45) is 1.94. The minimum atomic E-state index is -1.44. The number of ether oxygens (including phenoxy) is 1. The molecule has 8 nitrogen and oxygen atoms in total. The number of carbonyl (C=O) groups excluding carboxylic acids is 2. The summed E-state index contributed by atoms with van der Waals surface area (Å²) < 4.78 is 5.33. The largest absolute Gasteiger partial charge is 0.497 e. The lowest BCUT2D eigenvalue weighted by molar-refractivity contribution is -0.126. The van der Waals surface area contributed by atoms with Gasteiger partial charge in [-0.25, -0.2) is 0 Å². The Labute approximate surface area is 203 Å². The summed E-state index contributed by atoms with van der Waals surface area (Å²) in [5.41, 5.74) is 22.1. The Morgan fingerprint density at radius 2 is 2.03 bits per heavy atom. The van der Waals surface area contributed by atoms with Gasteiger partial charge in [-0.2, -0.15) is 0 Å². The molecule has 3 aliphatic rings. The fourth-order valence-corrected chi connectivity index (χ4v) is 7.12. The minimum Gasteiger partial charge on any atom is -0.497 e. The lowest BCUT2D eigenvalue weighted by atomic mass is 9.64. The first kappa shape index (κ1) is 23.2. The lowest BCUT2D eigenvalue weighted by Crippen LogP contribution is -2.61. The molecule has 2 heterocycles. The topological polar surface area (TPSA) is 145 Å². The van der Waals surface area contributed by atoms with E-state index in [-0.39, 0.29) is 17.7 Å². The van der Waals surface area contributed by atoms with Gasteiger partial charge in [-0.15, -0.1) is 11.8 Å². The first-order valence-electron chi connectivity index (χ1n) is 11.6. The second-order valence-corrected chi connectivity index (χ2v) is 10.6. The summed E-state index contributed by atoms with van der Waals surface area (Å²) in [5, 5.41) is 5.93. The SMILES string of the molecule is COc1ccc(C2(N)C(=O)C(N)C3c4c2ccc(N)c4SC3C(=O)NC2CCCNC2)c(C)c1. The molecule has 0 bridgehead atoms. The van der Waals surface area contributed by atoms with Crippen molar-refractivity contribution in [1.29, 1.82) is 0 Å². The normalized spacial score (nSPS) is 30.1. The van der Waals surface area contributed by atoms with Crippen LogP contribution in [0.25, 0.3) is 0 Å². The van der Waals surface area contributed by atoms with E-state index >= 15 is 0 Å². The molecule has 1 aliphatic carbocycles. The molecule has 5 atom stereocenters. The van der Waals surface area contributed by atoms with Crippen LogP contribution in [-0.4, -0.2) is 49.2 Å². The van der Waals surface area contributed by atoms with E-state index in [1.165, 1.54) is 11.8 Å². The lowest BCUT2D eigenvalue weighted by Gasteiger charge is -2.42. The molecule has 180 valence electrons. The van der Waals surface area contributed by atoms with Crippen LogP contribution in [0.5, 0.6) is 5.75 Å². The molecule has 5 unspecified atom stereocenters. The number of methoxy groups -OCH3 is 1. The number of hydrogen-bond donors (Lipinski definition) is 5. The number of carbonyl (C=O) groups is 2. The highest BCUT2D eigenvalue weighted by Crippen LogP contribution is 2.56. The molecule has 1 amide bonds. The zero-order chi connectivity index (χ0) is 24.2. The van der Waals surface area contributed by atoms with Gasteiger partial charge in [-0.05, 0) is 66.8 Å². The second-order valence-electron chi connectivity index (χ2n) is 9.44. The average Bonchev–Trinajstić information content (AvgIpc) is 3.24. The number of piperidine rings is 1. The number of hydrogen-bond acceptors (Lipinski definition) is 8. The Balaban J connectivity index is 1.59. The maximum atomic E-state index is 13.9. The van der Waals surface area contributed by atoms with Crippen LogP contribution in [0.15, 0.2) is 35.2 Å². The van der Waals surface area contributed by atoms with Gasteiger partial charge in [0.2, 0.25) is 5.91 Å². The van der Waals surface area contributed by atoms with Gasteiger partial charge in [0, 0.05) is 29.1 Å². The van der Waals surface area contributed by atoms with Crippen molar-refractivity contribution in [1.82, 2.24) is 10.6 Å². The molecule has 0 radical (unpaired) electrons. The summed E-state index contributed by atoms with van der Waals surface area (Å²) in [4.78, 5) is 28.1. The summed E-state index contributed by atoms with van der Waals surface area (Å²) in [6, 6.07) is 8.19. The number of aryl methyl sites for hydroxylation is 1. The molecule has 8 N–H and O–H groups in total. The third-order valence-electron chi connectivity index (χ3n) is 7.39. The second kappa shape index (κ2) is 8.57. The predicted molar refractivity (Wildman–Crippen MR) is 133 cm³/mol. The standard InChI is InChI=1S/C25H31N5O3S/c1-12-10-14(33-2)5-6-15(12)25(28)16-7-8-17(26)21-18(16)19(20(27)23(25)31)22(34-21)24(32)30-13-4-3-9-29-11-13/h5-8,10,13,19-20,22,29H,3-4,9,11,26-28H2,1-2H3,(H,30,32). The number of nitrogens with one attached hydrogen (secondary N) is 2. The number of nitrogen functional groups attached to an aromatic ring is 1. The highest BCUT2D eigenvalue weighted by molar-refractivity contribution is 8.01. The Bertz CT molecular complexity index is 1170. The smallest absolute Gasteiger partial charge is 0.234 e. The summed E-state index contributed by atoms with van der Waals surface area (Å²) in [6.45, 7) is 3.60. The van der Waals surface area contributed by atoms with E-state index in [4.69, 9.17) is 21.9 Å². The van der Waals surface area contributed by atoms with Gasteiger partial charge >= 0.3 is 0 Å². The average molecular weight is 482 g/mol. The Morgan fingerprint density at radius 3 is 2.71 bits per heavy atom. The molecule has 0 aromatic heterocycles. The van der Waals surface area contributed by atoms with E-state index in [0.717, 1.165) is 42.0 Å². The number of nitrogens with two attached hydrogens (primary N) is 3. The Kier molecular flexibility index (Phi) is 5.84. The van der Waals surface area contributed by atoms with Crippen molar-refractivity contribution < 1.29 is 14.3 Å². The maximum Gasteiger partial charge on any atom is 0.234 e. The van der Waals surface area contributed by atoms with Crippen molar-refractivity contribution in [2.45, 2.75) is 53.5 Å². The molecular weight excluding hydrogens is 450 g/mol. The molecule has 34 heavy (non-hydrogen) atoms. The first-order valence-corrected chi connectivity index (χ1v) is 12.5. The zero-order valence-electron chi connectivity index (χ0n) is 19.4. The summed E-state index contributed by atoms with van der Waals surface area (Å²) in [7, 11) is 1.59. The van der Waals surface area contributed by atoms with Crippen molar-refractivity contribution in [3.8, 4) is 5.75 Å². The molecule has 2 aromatic carbocycles. The van der Waals surface area contributed by atoms with E-state index in [1.54, 1.807) is 19.2 Å². The molecule has 5 rings (SSSR count). The van der Waals surface area contributed by atoms with Gasteiger partial charge in [0.05, 0.1) is 18.4 Å². The molecule has 1 saturated heterocycles. The van der Waals surface area contributed by atoms with E-state index < -0.39 is 22.7 Å². The quantitative estimate of drug-likeness (QED) is 0.409. The molecular formula is C25H31N5O3S. The van der Waals surface area contributed by atoms with Gasteiger partial charge in [-0.1, -0.05) is 12.1 Å². The number of ketones is 1. The highest BCUT2D eigenvalue weighted by atomic mass is 32.2. The maximum absolute atomic E-state index is 13.9. The molecule has 9 heteroatoms. The molecule has 1 fully saturated rings. The zero-order valence-corrected chi connectivity index (χ0v) is 20.2. The van der Waals surface area contributed by atoms with Crippen LogP contribution < -0.4 is 32.6 Å². The van der Waals surface area contributed by atoms with Crippen LogP contribution >= 0.6 is 11.8 Å². The third kappa shape index (κ3) is 3.41. The van der Waals surface area contributed by atoms with E-state index in [1.807, 2.05) is 25.1 Å². The van der Waals surface area contributed by atoms with Gasteiger partial charge in [-0.3, -0.25) is 9.59 Å². The van der Waals surface area contributed by atoms with Crippen molar-refractivity contribution in [3.05, 3.63) is 52.6 Å². The van der Waals surface area contributed by atoms with Crippen LogP contribution in [0, 0.1) is 6.92 Å². The molecule has 2 aromatic rings. The van der Waals surface area contributed by atoms with Crippen molar-refractivity contribution >= 4 is 29.1 Å². The molecule has 0 saturated carbocycles. The van der Waals surface area contributed by atoms with Crippen LogP contribution in [-0.2, 0) is 15.1 Å². The summed E-state index contributed by atoms with van der Waals surface area (Å²) in [5.74, 6) is -0.215. The van der Waals surface area contributed by atoms with Crippen molar-refractivity contribution in [2.24, 2.45) is 11.5 Å². The summed E-state index contributed by atoms with van der Waals surface area (Å²) >= 11 is 1.39. The third-order valence-corrected chi connectivity index (χ3v) is 8.85. The number of benzene rings is 2. The molecule has 2 aliphatic heterocycles. The number of amides is 1. The number of anilines is 1. The minimum absolute atomic E-state index is 0.0634. The van der Waals surface area contributed by atoms with Crippen LogP contribution in [0.4, 0.5) is 5.69 Å². The fraction of sp³-hybridized carbons (Fsp3) is 0.440. The van der Waals surface area contributed by atoms with Gasteiger partial charge < -0.3 is 32.6 Å². The van der Waals surface area contributed by atoms with Gasteiger partial charge in [0.25, 0.3) is 0 Å². The van der Waals surface area contributed by atoms with Gasteiger partial charge in [0.1, 0.15) is 11.3 Å². The number of Topliss-reactive ketones (excluding diaryl/α,β-unsaturated/α-hetero) is 1. The van der Waals surface area contributed by atoms with E-state index in [2.05, 4.69) is 10.6 Å². The van der Waals surface area contributed by atoms with Crippen LogP contribution in [0.1, 0.15) is 41.0 Å². The first-order chi connectivity index (χ1) is 16.3. The predicted octanol–water partition coefficient (Wildman–Crippen LogP) is 1.12. The molecule has 0 spiro atoms. The fourth-order valence-electron chi connectivity index (χ4n) is 5.66. The van der Waals surface area contributed by atoms with Crippen LogP contribution in [0.2, 0.25) is 0 Å². The van der Waals surface area contributed by atoms with Gasteiger partial charge in [0.15, 0.2) is 5.78 Å². The number of rotatable bonds is 4. The monoisotopic (exact) mass is 481 g/mol. The van der Waals surface area contributed by atoms with Crippen LogP contribution in [0.3, 0.4) is 0 Å². The van der Waals surface area contributed by atoms with Crippen molar-refractivity contribution in [3.63, 3.8) is 0 Å². The van der Waals surface area contributed by atoms with E-state index in [0.29, 0.717) is 22.6 Å². The van der Waals surface area contributed by atoms with Crippen molar-refractivity contribution in [2.75, 3.05) is 25.9 Å².